The van der Waals surface area contributed by atoms with Crippen molar-refractivity contribution in [3.8, 4) is 5.75 Å². The summed E-state index contributed by atoms with van der Waals surface area (Å²) in [6, 6.07) is 15.6. The second-order valence-corrected chi connectivity index (χ2v) is 15.5. The minimum Gasteiger partial charge on any atom is -0.483 e. The van der Waals surface area contributed by atoms with Crippen molar-refractivity contribution in [3.05, 3.63) is 66.9 Å². The van der Waals surface area contributed by atoms with Crippen LogP contribution in [-0.4, -0.2) is 82.8 Å². The standard InChI is InChI=1S/C43H61N5O7/c1-7-28(4)39(43(54)48(6)37-22-13-14-23-44-37)47-41(52)33(27(2)3)25-35(50)34(24-30-16-9-8-10-17-30)45-42(53)40(29(5)49)46-38(51)26-55-36-21-15-19-31-18-11-12-20-32(31)36/h11-15,18-23,27-30,33-35,39-40,49-50H,7-10,16-17,24-26H2,1-6H3,(H,45,53)(H,46,51)(H,47,52)/t28-,29+,33-,34-,35-,39-,40-/m0/s1. The molecule has 1 heterocycles. The lowest BCUT2D eigenvalue weighted by Gasteiger charge is -2.34. The summed E-state index contributed by atoms with van der Waals surface area (Å²) in [5.41, 5.74) is 0. The highest BCUT2D eigenvalue weighted by Crippen LogP contribution is 2.30. The third-order valence-corrected chi connectivity index (χ3v) is 11.0. The second kappa shape index (κ2) is 20.9. The van der Waals surface area contributed by atoms with Crippen molar-refractivity contribution in [1.29, 1.82) is 0 Å². The predicted molar refractivity (Wildman–Crippen MR) is 214 cm³/mol. The first-order chi connectivity index (χ1) is 26.3. The highest BCUT2D eigenvalue weighted by Gasteiger charge is 2.37. The van der Waals surface area contributed by atoms with E-state index in [1.807, 2.05) is 64.1 Å². The third-order valence-electron chi connectivity index (χ3n) is 11.0. The lowest BCUT2D eigenvalue weighted by atomic mass is 9.81. The molecular formula is C43H61N5O7. The van der Waals surface area contributed by atoms with Crippen LogP contribution in [0.15, 0.2) is 66.9 Å². The Bertz CT molecular complexity index is 1690. The van der Waals surface area contributed by atoms with Crippen molar-refractivity contribution in [2.45, 2.75) is 116 Å². The summed E-state index contributed by atoms with van der Waals surface area (Å²) in [6.07, 6.45) is 5.54. The van der Waals surface area contributed by atoms with E-state index in [1.165, 1.54) is 11.8 Å². The van der Waals surface area contributed by atoms with Crippen LogP contribution in [-0.2, 0) is 19.2 Å². The Balaban J connectivity index is 1.47. The first-order valence-electron chi connectivity index (χ1n) is 19.9. The molecule has 3 aromatic rings. The monoisotopic (exact) mass is 759 g/mol. The highest BCUT2D eigenvalue weighted by molar-refractivity contribution is 5.98. The number of hydrogen-bond donors (Lipinski definition) is 5. The molecule has 1 saturated carbocycles. The maximum absolute atomic E-state index is 14.0. The van der Waals surface area contributed by atoms with Gasteiger partial charge in [0.2, 0.25) is 11.8 Å². The molecule has 2 aromatic carbocycles. The first kappa shape index (κ1) is 43.2. The van der Waals surface area contributed by atoms with Crippen molar-refractivity contribution < 1.29 is 34.1 Å². The van der Waals surface area contributed by atoms with Gasteiger partial charge in [0.05, 0.1) is 18.2 Å². The molecule has 1 aliphatic rings. The van der Waals surface area contributed by atoms with Gasteiger partial charge < -0.3 is 30.9 Å². The number of aliphatic hydroxyl groups is 2. The van der Waals surface area contributed by atoms with E-state index in [0.717, 1.165) is 42.9 Å². The molecule has 4 amide bonds. The Labute approximate surface area is 325 Å². The van der Waals surface area contributed by atoms with Crippen LogP contribution in [0.4, 0.5) is 5.82 Å². The highest BCUT2D eigenvalue weighted by atomic mass is 16.5. The van der Waals surface area contributed by atoms with Crippen LogP contribution in [0, 0.1) is 23.7 Å². The van der Waals surface area contributed by atoms with Gasteiger partial charge in [-0.25, -0.2) is 4.98 Å². The first-order valence-corrected chi connectivity index (χ1v) is 19.9. The van der Waals surface area contributed by atoms with Crippen molar-refractivity contribution in [1.82, 2.24) is 20.9 Å². The average Bonchev–Trinajstić information content (AvgIpc) is 3.19. The molecule has 1 aliphatic carbocycles. The summed E-state index contributed by atoms with van der Waals surface area (Å²) in [4.78, 5) is 60.4. The predicted octanol–water partition coefficient (Wildman–Crippen LogP) is 5.15. The molecule has 12 nitrogen and oxygen atoms in total. The number of fused-ring (bicyclic) bond motifs is 1. The normalized spacial score (nSPS) is 17.3. The van der Waals surface area contributed by atoms with Crippen LogP contribution in [0.5, 0.6) is 5.75 Å². The zero-order chi connectivity index (χ0) is 40.1. The molecule has 4 rings (SSSR count). The van der Waals surface area contributed by atoms with E-state index in [4.69, 9.17) is 4.74 Å². The lowest BCUT2D eigenvalue weighted by Crippen LogP contribution is -2.57. The molecule has 0 unspecified atom stereocenters. The number of nitrogens with zero attached hydrogens (tertiary/aromatic N) is 2. The van der Waals surface area contributed by atoms with Gasteiger partial charge in [-0.2, -0.15) is 0 Å². The molecule has 7 atom stereocenters. The van der Waals surface area contributed by atoms with E-state index < -0.39 is 48.1 Å². The maximum atomic E-state index is 14.0. The van der Waals surface area contributed by atoms with Crippen LogP contribution in [0.2, 0.25) is 0 Å². The van der Waals surface area contributed by atoms with Gasteiger partial charge in [-0.1, -0.05) is 109 Å². The number of hydrogen-bond acceptors (Lipinski definition) is 8. The average molecular weight is 760 g/mol. The minimum absolute atomic E-state index is 0.0310. The fraction of sp³-hybridized carbons (Fsp3) is 0.558. The van der Waals surface area contributed by atoms with Gasteiger partial charge in [0, 0.05) is 24.5 Å². The topological polar surface area (TPSA) is 170 Å². The number of anilines is 1. The van der Waals surface area contributed by atoms with Gasteiger partial charge in [0.1, 0.15) is 23.7 Å². The maximum Gasteiger partial charge on any atom is 0.258 e. The number of rotatable bonds is 19. The molecule has 1 fully saturated rings. The molecular weight excluding hydrogens is 699 g/mol. The van der Waals surface area contributed by atoms with Crippen LogP contribution < -0.4 is 25.6 Å². The number of likely N-dealkylation sites (N-methyl/N-ethyl adjacent to an activating group) is 1. The van der Waals surface area contributed by atoms with Gasteiger partial charge in [-0.3, -0.25) is 24.1 Å². The molecule has 300 valence electrons. The number of aliphatic hydroxyl groups excluding tert-OH is 2. The fourth-order valence-corrected chi connectivity index (χ4v) is 7.38. The van der Waals surface area contributed by atoms with Crippen molar-refractivity contribution in [2.75, 3.05) is 18.6 Å². The summed E-state index contributed by atoms with van der Waals surface area (Å²) in [5.74, 6) is -1.69. The van der Waals surface area contributed by atoms with E-state index in [9.17, 15) is 29.4 Å². The Hall–Kier alpha value is -4.55. The Morgan fingerprint density at radius 2 is 1.55 bits per heavy atom. The largest absolute Gasteiger partial charge is 0.483 e. The van der Waals surface area contributed by atoms with E-state index in [2.05, 4.69) is 20.9 Å². The molecule has 0 saturated heterocycles. The van der Waals surface area contributed by atoms with Gasteiger partial charge in [0.15, 0.2) is 6.61 Å². The van der Waals surface area contributed by atoms with Crippen LogP contribution in [0.1, 0.15) is 86.0 Å². The SMILES string of the molecule is CC[C@H](C)[C@H](NC(=O)[C@@H](C[C@H](O)[C@H](CC1CCCCC1)NC(=O)[C@@H](NC(=O)COc1cccc2ccccc12)[C@@H](C)O)C(C)C)C(=O)N(C)c1ccccn1. The molecule has 55 heavy (non-hydrogen) atoms. The number of ether oxygens (including phenoxy) is 1. The number of carbonyl (C=O) groups excluding carboxylic acids is 4. The third kappa shape index (κ3) is 12.2. The molecule has 5 N–H and O–H groups in total. The molecule has 0 spiro atoms. The number of carbonyl (C=O) groups is 4. The Morgan fingerprint density at radius 3 is 2.20 bits per heavy atom. The Morgan fingerprint density at radius 1 is 0.855 bits per heavy atom. The van der Waals surface area contributed by atoms with E-state index in [-0.39, 0.29) is 42.6 Å². The van der Waals surface area contributed by atoms with E-state index in [1.54, 1.807) is 37.5 Å². The second-order valence-electron chi connectivity index (χ2n) is 15.5. The van der Waals surface area contributed by atoms with Gasteiger partial charge in [0.25, 0.3) is 11.8 Å². The van der Waals surface area contributed by atoms with Crippen molar-refractivity contribution in [2.24, 2.45) is 23.7 Å². The zero-order valence-corrected chi connectivity index (χ0v) is 33.2. The van der Waals surface area contributed by atoms with Crippen LogP contribution >= 0.6 is 0 Å². The quantitative estimate of drug-likeness (QED) is 0.112. The summed E-state index contributed by atoms with van der Waals surface area (Å²) >= 11 is 0. The Kier molecular flexibility index (Phi) is 16.4. The van der Waals surface area contributed by atoms with Gasteiger partial charge in [-0.05, 0) is 61.1 Å². The number of amides is 4. The molecule has 0 radical (unpaired) electrons. The molecule has 0 aliphatic heterocycles. The number of nitrogens with one attached hydrogen (secondary N) is 3. The van der Waals surface area contributed by atoms with E-state index in [0.29, 0.717) is 24.4 Å². The number of benzene rings is 2. The number of pyridine rings is 1. The molecule has 1 aromatic heterocycles. The van der Waals surface area contributed by atoms with Crippen LogP contribution in [0.25, 0.3) is 10.8 Å². The summed E-state index contributed by atoms with van der Waals surface area (Å²) in [5, 5.41) is 32.9. The van der Waals surface area contributed by atoms with Crippen molar-refractivity contribution >= 4 is 40.2 Å². The van der Waals surface area contributed by atoms with Crippen LogP contribution in [0.3, 0.4) is 0 Å². The summed E-state index contributed by atoms with van der Waals surface area (Å²) < 4.78 is 5.82. The van der Waals surface area contributed by atoms with Crippen molar-refractivity contribution in [3.63, 3.8) is 0 Å². The number of aromatic nitrogens is 1. The molecule has 0 bridgehead atoms. The smallest absolute Gasteiger partial charge is 0.258 e. The fourth-order valence-electron chi connectivity index (χ4n) is 7.38. The minimum atomic E-state index is -1.31. The summed E-state index contributed by atoms with van der Waals surface area (Å²) in [7, 11) is 1.63. The lowest BCUT2D eigenvalue weighted by molar-refractivity contribution is -0.134. The zero-order valence-electron chi connectivity index (χ0n) is 33.2. The van der Waals surface area contributed by atoms with Gasteiger partial charge in [-0.15, -0.1) is 0 Å². The van der Waals surface area contributed by atoms with E-state index >= 15 is 0 Å². The summed E-state index contributed by atoms with van der Waals surface area (Å²) in [6.45, 7) is 8.71. The van der Waals surface area contributed by atoms with Gasteiger partial charge >= 0.3 is 0 Å². The molecule has 12 heteroatoms.